The van der Waals surface area contributed by atoms with Gasteiger partial charge in [-0.1, -0.05) is 30.3 Å². The van der Waals surface area contributed by atoms with Crippen molar-refractivity contribution in [3.05, 3.63) is 71.4 Å². The van der Waals surface area contributed by atoms with Crippen molar-refractivity contribution in [3.8, 4) is 6.07 Å². The van der Waals surface area contributed by atoms with Crippen LogP contribution in [0.2, 0.25) is 0 Å². The number of rotatable bonds is 4. The first-order chi connectivity index (χ1) is 12.8. The molecule has 3 rings (SSSR count). The number of nitriles is 1. The Bertz CT molecular complexity index is 1090. The van der Waals surface area contributed by atoms with E-state index in [4.69, 9.17) is 5.73 Å². The SMILES string of the molecule is N#CC(=Cc1cn(CC(N)=O)c2ccccc12)c1cccc(C(F)(F)F)c1. The highest BCUT2D eigenvalue weighted by Gasteiger charge is 2.30. The summed E-state index contributed by atoms with van der Waals surface area (Å²) in [6, 6.07) is 13.8. The van der Waals surface area contributed by atoms with Crippen molar-refractivity contribution in [2.45, 2.75) is 12.7 Å². The minimum atomic E-state index is -4.49. The predicted octanol–water partition coefficient (Wildman–Crippen LogP) is 4.21. The summed E-state index contributed by atoms with van der Waals surface area (Å²) in [4.78, 5) is 11.3. The van der Waals surface area contributed by atoms with Crippen molar-refractivity contribution in [2.75, 3.05) is 0 Å². The molecular formula is C20H14F3N3O. The third-order valence-corrected chi connectivity index (χ3v) is 4.07. The molecule has 1 amide bonds. The molecule has 4 nitrogen and oxygen atoms in total. The van der Waals surface area contributed by atoms with E-state index >= 15 is 0 Å². The lowest BCUT2D eigenvalue weighted by Crippen LogP contribution is -2.17. The van der Waals surface area contributed by atoms with Gasteiger partial charge in [0.15, 0.2) is 0 Å². The lowest BCUT2D eigenvalue weighted by molar-refractivity contribution is -0.137. The Labute approximate surface area is 152 Å². The molecule has 2 aromatic carbocycles. The number of primary amides is 1. The van der Waals surface area contributed by atoms with Crippen LogP contribution in [0.4, 0.5) is 13.2 Å². The number of benzene rings is 2. The van der Waals surface area contributed by atoms with Crippen molar-refractivity contribution in [1.82, 2.24) is 4.57 Å². The number of alkyl halides is 3. The van der Waals surface area contributed by atoms with Gasteiger partial charge in [-0.2, -0.15) is 18.4 Å². The largest absolute Gasteiger partial charge is 0.416 e. The highest BCUT2D eigenvalue weighted by atomic mass is 19.4. The average molecular weight is 369 g/mol. The first-order valence-corrected chi connectivity index (χ1v) is 7.95. The number of carbonyl (C=O) groups is 1. The van der Waals surface area contributed by atoms with Crippen LogP contribution in [0.3, 0.4) is 0 Å². The van der Waals surface area contributed by atoms with E-state index in [1.165, 1.54) is 18.2 Å². The molecule has 1 heterocycles. The number of allylic oxidation sites excluding steroid dienone is 1. The van der Waals surface area contributed by atoms with Gasteiger partial charge < -0.3 is 10.3 Å². The number of aromatic nitrogens is 1. The number of hydrogen-bond acceptors (Lipinski definition) is 2. The first-order valence-electron chi connectivity index (χ1n) is 7.95. The van der Waals surface area contributed by atoms with Crippen LogP contribution in [0.15, 0.2) is 54.7 Å². The lowest BCUT2D eigenvalue weighted by atomic mass is 10.0. The highest BCUT2D eigenvalue weighted by molar-refractivity contribution is 5.98. The minimum Gasteiger partial charge on any atom is -0.368 e. The molecule has 0 aliphatic rings. The van der Waals surface area contributed by atoms with Crippen LogP contribution in [0, 0.1) is 11.3 Å². The van der Waals surface area contributed by atoms with E-state index in [1.807, 2.05) is 6.07 Å². The number of para-hydroxylation sites is 1. The Morgan fingerprint density at radius 1 is 1.19 bits per heavy atom. The third-order valence-electron chi connectivity index (χ3n) is 4.07. The Morgan fingerprint density at radius 3 is 2.59 bits per heavy atom. The fourth-order valence-electron chi connectivity index (χ4n) is 2.89. The number of hydrogen-bond donors (Lipinski definition) is 1. The van der Waals surface area contributed by atoms with Crippen LogP contribution < -0.4 is 5.73 Å². The van der Waals surface area contributed by atoms with Gasteiger partial charge in [0.25, 0.3) is 0 Å². The fraction of sp³-hybridized carbons (Fsp3) is 0.100. The lowest BCUT2D eigenvalue weighted by Gasteiger charge is -2.08. The van der Waals surface area contributed by atoms with Gasteiger partial charge in [-0.05, 0) is 29.8 Å². The molecule has 0 unspecified atom stereocenters. The maximum atomic E-state index is 12.9. The molecule has 0 radical (unpaired) electrons. The topological polar surface area (TPSA) is 71.8 Å². The van der Waals surface area contributed by atoms with Crippen LogP contribution in [0.1, 0.15) is 16.7 Å². The molecule has 0 aliphatic heterocycles. The monoisotopic (exact) mass is 369 g/mol. The van der Waals surface area contributed by atoms with E-state index in [2.05, 4.69) is 0 Å². The standard InChI is InChI=1S/C20H14F3N3O/c21-20(22,23)16-5-3-4-13(9-16)14(10-24)8-15-11-26(12-19(25)27)18-7-2-1-6-17(15)18/h1-9,11H,12H2,(H2,25,27). The summed E-state index contributed by atoms with van der Waals surface area (Å²) < 4.78 is 40.5. The molecule has 2 N–H and O–H groups in total. The van der Waals surface area contributed by atoms with Gasteiger partial charge in [0, 0.05) is 22.7 Å². The number of nitrogens with zero attached hydrogens (tertiary/aromatic N) is 2. The zero-order valence-electron chi connectivity index (χ0n) is 14.0. The van der Waals surface area contributed by atoms with Crippen LogP contribution in [-0.4, -0.2) is 10.5 Å². The first kappa shape index (κ1) is 18.3. The molecule has 0 aliphatic carbocycles. The Kier molecular flexibility index (Phi) is 4.74. The maximum Gasteiger partial charge on any atom is 0.416 e. The fourth-order valence-corrected chi connectivity index (χ4v) is 2.89. The molecule has 0 fully saturated rings. The van der Waals surface area contributed by atoms with Gasteiger partial charge >= 0.3 is 6.18 Å². The van der Waals surface area contributed by atoms with E-state index in [9.17, 15) is 23.2 Å². The minimum absolute atomic E-state index is 0.0419. The summed E-state index contributed by atoms with van der Waals surface area (Å²) in [7, 11) is 0. The maximum absolute atomic E-state index is 12.9. The van der Waals surface area contributed by atoms with E-state index < -0.39 is 17.6 Å². The Balaban J connectivity index is 2.12. The summed E-state index contributed by atoms with van der Waals surface area (Å²) in [5.74, 6) is -0.523. The van der Waals surface area contributed by atoms with E-state index in [-0.39, 0.29) is 17.7 Å². The summed E-state index contributed by atoms with van der Waals surface area (Å²) in [6.45, 7) is -0.0419. The van der Waals surface area contributed by atoms with Crippen LogP contribution >= 0.6 is 0 Å². The zero-order chi connectivity index (χ0) is 19.6. The van der Waals surface area contributed by atoms with Crippen LogP contribution in [0.5, 0.6) is 0 Å². The molecule has 1 aromatic heterocycles. The normalized spacial score (nSPS) is 12.1. The molecule has 0 saturated carbocycles. The molecule has 3 aromatic rings. The Morgan fingerprint density at radius 2 is 1.93 bits per heavy atom. The predicted molar refractivity (Wildman–Crippen MR) is 96.1 cm³/mol. The van der Waals surface area contributed by atoms with Gasteiger partial charge in [-0.15, -0.1) is 0 Å². The van der Waals surface area contributed by atoms with Crippen molar-refractivity contribution >= 4 is 28.5 Å². The smallest absolute Gasteiger partial charge is 0.368 e. The molecule has 0 bridgehead atoms. The second-order valence-corrected chi connectivity index (χ2v) is 5.94. The number of halogens is 3. The number of fused-ring (bicyclic) bond motifs is 1. The van der Waals surface area contributed by atoms with Crippen molar-refractivity contribution in [1.29, 1.82) is 5.26 Å². The molecule has 7 heteroatoms. The summed E-state index contributed by atoms with van der Waals surface area (Å²) >= 11 is 0. The Hall–Kier alpha value is -3.53. The zero-order valence-corrected chi connectivity index (χ0v) is 14.0. The van der Waals surface area contributed by atoms with E-state index in [0.717, 1.165) is 23.0 Å². The number of nitrogens with two attached hydrogens (primary N) is 1. The molecule has 136 valence electrons. The summed E-state index contributed by atoms with van der Waals surface area (Å²) in [5, 5.41) is 10.2. The van der Waals surface area contributed by atoms with Gasteiger partial charge in [0.2, 0.25) is 5.91 Å². The molecular weight excluding hydrogens is 355 g/mol. The van der Waals surface area contributed by atoms with Crippen LogP contribution in [0.25, 0.3) is 22.6 Å². The van der Waals surface area contributed by atoms with Crippen LogP contribution in [-0.2, 0) is 17.5 Å². The van der Waals surface area contributed by atoms with Crippen molar-refractivity contribution < 1.29 is 18.0 Å². The van der Waals surface area contributed by atoms with Crippen molar-refractivity contribution in [2.24, 2.45) is 5.73 Å². The van der Waals surface area contributed by atoms with E-state index in [1.54, 1.807) is 35.0 Å². The molecule has 0 atom stereocenters. The second-order valence-electron chi connectivity index (χ2n) is 5.94. The van der Waals surface area contributed by atoms with Gasteiger partial charge in [-0.3, -0.25) is 4.79 Å². The molecule has 0 spiro atoms. The van der Waals surface area contributed by atoms with Gasteiger partial charge in [0.05, 0.1) is 17.2 Å². The number of carbonyl (C=O) groups excluding carboxylic acids is 1. The van der Waals surface area contributed by atoms with E-state index in [0.29, 0.717) is 5.56 Å². The van der Waals surface area contributed by atoms with Gasteiger partial charge in [0.1, 0.15) is 6.54 Å². The third kappa shape index (κ3) is 3.85. The second kappa shape index (κ2) is 7.00. The highest BCUT2D eigenvalue weighted by Crippen LogP contribution is 2.32. The van der Waals surface area contributed by atoms with Gasteiger partial charge in [-0.25, -0.2) is 0 Å². The van der Waals surface area contributed by atoms with Crippen molar-refractivity contribution in [3.63, 3.8) is 0 Å². The average Bonchev–Trinajstić information content (AvgIpc) is 2.96. The number of amides is 1. The molecule has 0 saturated heterocycles. The summed E-state index contributed by atoms with van der Waals surface area (Å²) in [6.07, 6.45) is -1.33. The molecule has 27 heavy (non-hydrogen) atoms. The quantitative estimate of drug-likeness (QED) is 0.700. The summed E-state index contributed by atoms with van der Waals surface area (Å²) in [5.41, 5.74) is 6.05.